The second-order valence-corrected chi connectivity index (χ2v) is 4.11. The van der Waals surface area contributed by atoms with Crippen LogP contribution in [-0.4, -0.2) is 29.6 Å². The summed E-state index contributed by atoms with van der Waals surface area (Å²) in [5.74, 6) is -0.687. The molecule has 2 heterocycles. The lowest BCUT2D eigenvalue weighted by Gasteiger charge is -2.27. The van der Waals surface area contributed by atoms with Crippen molar-refractivity contribution in [1.82, 2.24) is 10.3 Å². The number of hydrogen-bond donors (Lipinski definition) is 2. The second kappa shape index (κ2) is 4.65. The third-order valence-electron chi connectivity index (χ3n) is 2.71. The molecule has 0 aliphatic carbocycles. The van der Waals surface area contributed by atoms with Crippen LogP contribution < -0.4 is 5.32 Å². The van der Waals surface area contributed by atoms with Gasteiger partial charge in [0.15, 0.2) is 0 Å². The van der Waals surface area contributed by atoms with Crippen LogP contribution in [-0.2, 0) is 4.74 Å². The van der Waals surface area contributed by atoms with Crippen molar-refractivity contribution in [3.05, 3.63) is 23.8 Å². The number of ether oxygens (including phenoxy) is 1. The number of hydrogen-bond acceptors (Lipinski definition) is 2. The summed E-state index contributed by atoms with van der Waals surface area (Å²) in [6, 6.07) is 1.31. The molecule has 2 atom stereocenters. The fourth-order valence-corrected chi connectivity index (χ4v) is 1.89. The van der Waals surface area contributed by atoms with E-state index in [1.807, 2.05) is 6.92 Å². The van der Waals surface area contributed by atoms with Crippen LogP contribution in [0.2, 0.25) is 0 Å². The Balaban J connectivity index is 1.92. The first-order valence-electron chi connectivity index (χ1n) is 5.41. The van der Waals surface area contributed by atoms with Gasteiger partial charge < -0.3 is 15.0 Å². The van der Waals surface area contributed by atoms with Gasteiger partial charge in [0.25, 0.3) is 5.91 Å². The largest absolute Gasteiger partial charge is 0.378 e. The zero-order chi connectivity index (χ0) is 11.5. The average Bonchev–Trinajstić information content (AvgIpc) is 2.65. The van der Waals surface area contributed by atoms with Gasteiger partial charge in [0.2, 0.25) is 0 Å². The molecule has 2 N–H and O–H groups in total. The Kier molecular flexibility index (Phi) is 3.24. The first-order valence-corrected chi connectivity index (χ1v) is 5.41. The van der Waals surface area contributed by atoms with Crippen molar-refractivity contribution in [1.29, 1.82) is 0 Å². The van der Waals surface area contributed by atoms with Crippen LogP contribution in [0.3, 0.4) is 0 Å². The first-order chi connectivity index (χ1) is 7.65. The number of aromatic nitrogens is 1. The maximum Gasteiger partial charge on any atom is 0.268 e. The number of halogens is 1. The first kappa shape index (κ1) is 11.1. The van der Waals surface area contributed by atoms with Crippen molar-refractivity contribution in [2.24, 2.45) is 0 Å². The van der Waals surface area contributed by atoms with Crippen LogP contribution in [0.1, 0.15) is 30.3 Å². The quantitative estimate of drug-likeness (QED) is 0.802. The fraction of sp³-hybridized carbons (Fsp3) is 0.545. The van der Waals surface area contributed by atoms with Crippen molar-refractivity contribution in [2.75, 3.05) is 6.61 Å². The highest BCUT2D eigenvalue weighted by Crippen LogP contribution is 2.13. The van der Waals surface area contributed by atoms with Gasteiger partial charge in [0, 0.05) is 24.9 Å². The molecule has 5 heteroatoms. The Bertz CT molecular complexity index is 378. The summed E-state index contributed by atoms with van der Waals surface area (Å²) >= 11 is 0. The minimum absolute atomic E-state index is 0.114. The molecule has 0 spiro atoms. The van der Waals surface area contributed by atoms with Gasteiger partial charge in [-0.25, -0.2) is 4.39 Å². The number of carbonyl (C=O) groups is 1. The van der Waals surface area contributed by atoms with Crippen molar-refractivity contribution < 1.29 is 13.9 Å². The highest BCUT2D eigenvalue weighted by Gasteiger charge is 2.21. The van der Waals surface area contributed by atoms with Crippen LogP contribution >= 0.6 is 0 Å². The minimum atomic E-state index is -0.425. The van der Waals surface area contributed by atoms with Gasteiger partial charge in [-0.15, -0.1) is 0 Å². The van der Waals surface area contributed by atoms with E-state index < -0.39 is 5.82 Å². The zero-order valence-corrected chi connectivity index (χ0v) is 9.13. The van der Waals surface area contributed by atoms with Crippen LogP contribution in [0.15, 0.2) is 12.3 Å². The molecule has 0 bridgehead atoms. The Morgan fingerprint density at radius 1 is 1.69 bits per heavy atom. The van der Waals surface area contributed by atoms with Gasteiger partial charge >= 0.3 is 0 Å². The van der Waals surface area contributed by atoms with E-state index in [4.69, 9.17) is 4.74 Å². The summed E-state index contributed by atoms with van der Waals surface area (Å²) in [6.45, 7) is 2.64. The lowest BCUT2D eigenvalue weighted by molar-refractivity contribution is 0.0136. The SMILES string of the molecule is CC1CC(NC(=O)c2cc(F)c[nH]2)CCO1. The molecule has 0 saturated carbocycles. The molecule has 1 aromatic heterocycles. The van der Waals surface area contributed by atoms with E-state index in [1.54, 1.807) is 0 Å². The van der Waals surface area contributed by atoms with Gasteiger partial charge in [0.1, 0.15) is 11.5 Å². The molecule has 88 valence electrons. The zero-order valence-electron chi connectivity index (χ0n) is 9.13. The molecule has 1 amide bonds. The molecule has 1 aromatic rings. The highest BCUT2D eigenvalue weighted by molar-refractivity contribution is 5.92. The average molecular weight is 226 g/mol. The number of nitrogens with one attached hydrogen (secondary N) is 2. The predicted molar refractivity (Wildman–Crippen MR) is 56.7 cm³/mol. The van der Waals surface area contributed by atoms with Gasteiger partial charge in [-0.3, -0.25) is 4.79 Å². The molecule has 2 unspecified atom stereocenters. The molecule has 1 aliphatic rings. The molecule has 16 heavy (non-hydrogen) atoms. The number of rotatable bonds is 2. The summed E-state index contributed by atoms with van der Waals surface area (Å²) in [5.41, 5.74) is 0.261. The topological polar surface area (TPSA) is 54.1 Å². The van der Waals surface area contributed by atoms with Gasteiger partial charge in [-0.2, -0.15) is 0 Å². The monoisotopic (exact) mass is 226 g/mol. The van der Waals surface area contributed by atoms with Crippen molar-refractivity contribution >= 4 is 5.91 Å². The van der Waals surface area contributed by atoms with Crippen molar-refractivity contribution in [3.8, 4) is 0 Å². The lowest BCUT2D eigenvalue weighted by atomic mass is 10.0. The Morgan fingerprint density at radius 3 is 3.12 bits per heavy atom. The fourth-order valence-electron chi connectivity index (χ4n) is 1.89. The Labute approximate surface area is 93.2 Å². The van der Waals surface area contributed by atoms with E-state index in [-0.39, 0.29) is 23.7 Å². The molecule has 0 radical (unpaired) electrons. The van der Waals surface area contributed by atoms with Crippen LogP contribution in [0.5, 0.6) is 0 Å². The maximum absolute atomic E-state index is 12.7. The Morgan fingerprint density at radius 2 is 2.50 bits per heavy atom. The highest BCUT2D eigenvalue weighted by atomic mass is 19.1. The number of H-pyrrole nitrogens is 1. The van der Waals surface area contributed by atoms with Crippen molar-refractivity contribution in [3.63, 3.8) is 0 Å². The third kappa shape index (κ3) is 2.61. The Hall–Kier alpha value is -1.36. The van der Waals surface area contributed by atoms with Crippen LogP contribution in [0.25, 0.3) is 0 Å². The predicted octanol–water partition coefficient (Wildman–Crippen LogP) is 1.45. The minimum Gasteiger partial charge on any atom is -0.378 e. The summed E-state index contributed by atoms with van der Waals surface area (Å²) in [4.78, 5) is 14.3. The second-order valence-electron chi connectivity index (χ2n) is 4.11. The van der Waals surface area contributed by atoms with E-state index in [0.29, 0.717) is 6.61 Å². The van der Waals surface area contributed by atoms with Crippen molar-refractivity contribution in [2.45, 2.75) is 31.9 Å². The molecule has 2 rings (SSSR count). The van der Waals surface area contributed by atoms with E-state index in [9.17, 15) is 9.18 Å². The molecule has 1 fully saturated rings. The lowest BCUT2D eigenvalue weighted by Crippen LogP contribution is -2.41. The number of amides is 1. The standard InChI is InChI=1S/C11H15FN2O2/c1-7-4-9(2-3-16-7)14-11(15)10-5-8(12)6-13-10/h5-7,9,13H,2-4H2,1H3,(H,14,15). The maximum atomic E-state index is 12.7. The molecule has 4 nitrogen and oxygen atoms in total. The van der Waals surface area contributed by atoms with Crippen LogP contribution in [0.4, 0.5) is 4.39 Å². The van der Waals surface area contributed by atoms with Crippen LogP contribution in [0, 0.1) is 5.82 Å². The third-order valence-corrected chi connectivity index (χ3v) is 2.71. The molecular formula is C11H15FN2O2. The van der Waals surface area contributed by atoms with E-state index in [2.05, 4.69) is 10.3 Å². The van der Waals surface area contributed by atoms with Gasteiger partial charge in [-0.1, -0.05) is 0 Å². The van der Waals surface area contributed by atoms with E-state index >= 15 is 0 Å². The van der Waals surface area contributed by atoms with E-state index in [0.717, 1.165) is 12.8 Å². The summed E-state index contributed by atoms with van der Waals surface area (Å²) in [7, 11) is 0. The number of aromatic amines is 1. The summed E-state index contributed by atoms with van der Waals surface area (Å²) < 4.78 is 18.1. The molecular weight excluding hydrogens is 211 g/mol. The molecule has 0 aromatic carbocycles. The molecule has 1 aliphatic heterocycles. The van der Waals surface area contributed by atoms with E-state index in [1.165, 1.54) is 12.3 Å². The van der Waals surface area contributed by atoms with Gasteiger partial charge in [-0.05, 0) is 19.8 Å². The smallest absolute Gasteiger partial charge is 0.268 e. The number of carbonyl (C=O) groups excluding carboxylic acids is 1. The van der Waals surface area contributed by atoms with Gasteiger partial charge in [0.05, 0.1) is 6.10 Å². The summed E-state index contributed by atoms with van der Waals surface area (Å²) in [6.07, 6.45) is 2.94. The normalized spacial score (nSPS) is 25.4. The molecule has 1 saturated heterocycles. The summed E-state index contributed by atoms with van der Waals surface area (Å²) in [5, 5.41) is 2.86.